The number of hydrogen-bond acceptors (Lipinski definition) is 4. The third-order valence-electron chi connectivity index (χ3n) is 5.20. The van der Waals surface area contributed by atoms with Crippen molar-refractivity contribution in [3.05, 3.63) is 90.6 Å². The van der Waals surface area contributed by atoms with E-state index in [4.69, 9.17) is 9.47 Å². The number of ether oxygens (including phenoxy) is 2. The van der Waals surface area contributed by atoms with Gasteiger partial charge in [0.1, 0.15) is 11.3 Å². The molecule has 0 radical (unpaired) electrons. The number of aromatic carboxylic acids is 1. The summed E-state index contributed by atoms with van der Waals surface area (Å²) in [6.45, 7) is 4.44. The van der Waals surface area contributed by atoms with Crippen LogP contribution in [0.15, 0.2) is 85.0 Å². The molecule has 0 fully saturated rings. The molecule has 0 aliphatic carbocycles. The summed E-state index contributed by atoms with van der Waals surface area (Å²) in [5.74, 6) is -1.66. The third kappa shape index (κ3) is 14.9. The predicted octanol–water partition coefficient (Wildman–Crippen LogP) is 8.01. The molecule has 5 heteroatoms. The summed E-state index contributed by atoms with van der Waals surface area (Å²) in [5, 5.41) is 9.21. The van der Waals surface area contributed by atoms with Crippen LogP contribution in [0, 0.1) is 0 Å². The van der Waals surface area contributed by atoms with Crippen molar-refractivity contribution in [3.63, 3.8) is 0 Å². The van der Waals surface area contributed by atoms with Gasteiger partial charge in [-0.05, 0) is 69.9 Å². The third-order valence-corrected chi connectivity index (χ3v) is 5.20. The van der Waals surface area contributed by atoms with Crippen LogP contribution in [0.25, 0.3) is 0 Å². The van der Waals surface area contributed by atoms with E-state index in [1.165, 1.54) is 12.1 Å². The smallest absolute Gasteiger partial charge is 0.340 e. The first-order valence-electron chi connectivity index (χ1n) is 13.0. The first-order valence-corrected chi connectivity index (χ1v) is 13.0. The minimum Gasteiger partial charge on any atom is -0.478 e. The maximum atomic E-state index is 12.4. The van der Waals surface area contributed by atoms with Gasteiger partial charge in [0.25, 0.3) is 0 Å². The van der Waals surface area contributed by atoms with Crippen LogP contribution in [0.5, 0.6) is 5.75 Å². The first kappa shape index (κ1) is 30.9. The number of allylic oxidation sites excluding steroid dienone is 10. The Labute approximate surface area is 216 Å². The summed E-state index contributed by atoms with van der Waals surface area (Å²) in [7, 11) is 0. The van der Waals surface area contributed by atoms with Crippen LogP contribution in [0.1, 0.15) is 82.0 Å². The van der Waals surface area contributed by atoms with Gasteiger partial charge in [-0.3, -0.25) is 0 Å². The van der Waals surface area contributed by atoms with E-state index in [0.29, 0.717) is 13.0 Å². The monoisotopic (exact) mass is 494 g/mol. The van der Waals surface area contributed by atoms with Gasteiger partial charge >= 0.3 is 11.9 Å². The van der Waals surface area contributed by atoms with E-state index in [9.17, 15) is 14.7 Å². The second-order valence-electron chi connectivity index (χ2n) is 8.19. The number of carboxylic acid groups (broad SMARTS) is 1. The lowest BCUT2D eigenvalue weighted by Gasteiger charge is -2.15. The highest BCUT2D eigenvalue weighted by Gasteiger charge is 2.21. The average molecular weight is 495 g/mol. The summed E-state index contributed by atoms with van der Waals surface area (Å²) >= 11 is 0. The van der Waals surface area contributed by atoms with Gasteiger partial charge < -0.3 is 14.6 Å². The fourth-order valence-electron chi connectivity index (χ4n) is 3.22. The van der Waals surface area contributed by atoms with Crippen molar-refractivity contribution in [2.45, 2.75) is 77.7 Å². The number of para-hydroxylation sites is 1. The highest BCUT2D eigenvalue weighted by molar-refractivity contribution is 5.92. The van der Waals surface area contributed by atoms with Crippen molar-refractivity contribution in [2.75, 3.05) is 6.61 Å². The van der Waals surface area contributed by atoms with Crippen LogP contribution in [0.2, 0.25) is 0 Å². The molecule has 1 aromatic carbocycles. The van der Waals surface area contributed by atoms with E-state index in [1.807, 2.05) is 6.92 Å². The molecule has 5 nitrogen and oxygen atoms in total. The summed E-state index contributed by atoms with van der Waals surface area (Å²) in [4.78, 5) is 23.6. The molecule has 0 bridgehead atoms. The first-order chi connectivity index (χ1) is 17.6. The molecule has 0 unspecified atom stereocenters. The molecule has 0 heterocycles. The van der Waals surface area contributed by atoms with Gasteiger partial charge in [-0.25, -0.2) is 9.59 Å². The van der Waals surface area contributed by atoms with E-state index < -0.39 is 18.0 Å². The fourth-order valence-corrected chi connectivity index (χ4v) is 3.22. The molecule has 0 amide bonds. The van der Waals surface area contributed by atoms with Gasteiger partial charge in [-0.1, -0.05) is 86.7 Å². The molecular weight excluding hydrogens is 452 g/mol. The van der Waals surface area contributed by atoms with E-state index in [1.54, 1.807) is 12.1 Å². The number of carbonyl (C=O) groups is 2. The summed E-state index contributed by atoms with van der Waals surface area (Å²) < 4.78 is 11.0. The molecule has 0 aromatic heterocycles. The zero-order valence-electron chi connectivity index (χ0n) is 21.8. The molecule has 1 N–H and O–H groups in total. The maximum Gasteiger partial charge on any atom is 0.340 e. The van der Waals surface area contributed by atoms with Crippen LogP contribution in [0.4, 0.5) is 0 Å². The molecule has 0 aliphatic rings. The van der Waals surface area contributed by atoms with E-state index in [0.717, 1.165) is 51.4 Å². The van der Waals surface area contributed by atoms with Crippen LogP contribution in [-0.2, 0) is 9.53 Å². The van der Waals surface area contributed by atoms with Crippen LogP contribution >= 0.6 is 0 Å². The van der Waals surface area contributed by atoms with Gasteiger partial charge in [-0.15, -0.1) is 0 Å². The zero-order valence-corrected chi connectivity index (χ0v) is 21.8. The number of esters is 1. The molecule has 1 aromatic rings. The highest BCUT2D eigenvalue weighted by Crippen LogP contribution is 2.19. The molecule has 0 saturated heterocycles. The van der Waals surface area contributed by atoms with Crippen molar-refractivity contribution in [1.82, 2.24) is 0 Å². The van der Waals surface area contributed by atoms with Gasteiger partial charge in [0.05, 0.1) is 0 Å². The van der Waals surface area contributed by atoms with Crippen LogP contribution in [0.3, 0.4) is 0 Å². The lowest BCUT2D eigenvalue weighted by Crippen LogP contribution is -2.29. The average Bonchev–Trinajstić information content (AvgIpc) is 2.87. The number of benzene rings is 1. The minimum atomic E-state index is -1.14. The molecule has 1 atom stereocenters. The van der Waals surface area contributed by atoms with Crippen molar-refractivity contribution in [1.29, 1.82) is 0 Å². The minimum absolute atomic E-state index is 0.0374. The predicted molar refractivity (Wildman–Crippen MR) is 147 cm³/mol. The largest absolute Gasteiger partial charge is 0.478 e. The van der Waals surface area contributed by atoms with E-state index in [-0.39, 0.29) is 11.3 Å². The van der Waals surface area contributed by atoms with Crippen LogP contribution in [-0.4, -0.2) is 29.8 Å². The Morgan fingerprint density at radius 1 is 0.806 bits per heavy atom. The van der Waals surface area contributed by atoms with Crippen molar-refractivity contribution in [2.24, 2.45) is 0 Å². The SMILES string of the molecule is CC/C=C\C/C=C\C/C=C\C/C=C\C/C=C\CCCCO[C@H](CC)C(=O)Oc1ccccc1C(=O)O. The molecular formula is C31H42O5. The Morgan fingerprint density at radius 3 is 1.92 bits per heavy atom. The summed E-state index contributed by atoms with van der Waals surface area (Å²) in [6.07, 6.45) is 29.4. The van der Waals surface area contributed by atoms with Crippen LogP contribution < -0.4 is 4.74 Å². The van der Waals surface area contributed by atoms with Gasteiger partial charge in [-0.2, -0.15) is 0 Å². The molecule has 0 spiro atoms. The van der Waals surface area contributed by atoms with Crippen molar-refractivity contribution < 1.29 is 24.2 Å². The Balaban J connectivity index is 2.13. The van der Waals surface area contributed by atoms with E-state index in [2.05, 4.69) is 67.7 Å². The van der Waals surface area contributed by atoms with E-state index >= 15 is 0 Å². The van der Waals surface area contributed by atoms with Gasteiger partial charge in [0.15, 0.2) is 6.10 Å². The summed E-state index contributed by atoms with van der Waals surface area (Å²) in [5.41, 5.74) is -0.0437. The zero-order chi connectivity index (χ0) is 26.3. The van der Waals surface area contributed by atoms with Gasteiger partial charge in [0.2, 0.25) is 0 Å². The molecule has 196 valence electrons. The lowest BCUT2D eigenvalue weighted by atomic mass is 10.2. The maximum absolute atomic E-state index is 12.4. The fraction of sp³-hybridized carbons (Fsp3) is 0.419. The number of carbonyl (C=O) groups excluding carboxylic acids is 1. The Kier molecular flexibility index (Phi) is 18.1. The van der Waals surface area contributed by atoms with Crippen molar-refractivity contribution >= 4 is 11.9 Å². The topological polar surface area (TPSA) is 72.8 Å². The number of rotatable bonds is 19. The number of hydrogen-bond donors (Lipinski definition) is 1. The summed E-state index contributed by atoms with van der Waals surface area (Å²) in [6, 6.07) is 6.10. The number of carboxylic acids is 1. The Morgan fingerprint density at radius 2 is 1.36 bits per heavy atom. The lowest BCUT2D eigenvalue weighted by molar-refractivity contribution is -0.147. The molecule has 0 aliphatic heterocycles. The number of unbranched alkanes of at least 4 members (excludes halogenated alkanes) is 2. The molecule has 36 heavy (non-hydrogen) atoms. The van der Waals surface area contributed by atoms with Gasteiger partial charge in [0, 0.05) is 6.61 Å². The second-order valence-corrected chi connectivity index (χ2v) is 8.19. The second kappa shape index (κ2) is 21.1. The molecule has 1 rings (SSSR count). The Bertz CT molecular complexity index is 892. The van der Waals surface area contributed by atoms with Crippen molar-refractivity contribution in [3.8, 4) is 5.75 Å². The molecule has 0 saturated carbocycles. The Hall–Kier alpha value is -3.18. The normalized spacial score (nSPS) is 13.1. The highest BCUT2D eigenvalue weighted by atomic mass is 16.6. The standard InChI is InChI=1S/C31H42O5/c1-3-5-6-7-8-9-10-11-12-13-14-15-16-17-18-19-20-23-26-35-28(4-2)31(34)36-29-25-22-21-24-27(29)30(32)33/h5-6,8-9,11-12,14-15,17-18,21-22,24-25,28H,3-4,7,10,13,16,19-20,23,26H2,1-2H3,(H,32,33)/b6-5-,9-8-,12-11-,15-14-,18-17-/t28-/m1/s1. The quantitative estimate of drug-likeness (QED) is 0.0912.